The predicted molar refractivity (Wildman–Crippen MR) is 106 cm³/mol. The molecule has 7 heteroatoms. The number of piperazine rings is 1. The molecule has 4 heterocycles. The van der Waals surface area contributed by atoms with Crippen molar-refractivity contribution in [2.24, 2.45) is 0 Å². The van der Waals surface area contributed by atoms with Gasteiger partial charge in [0, 0.05) is 58.3 Å². The third kappa shape index (κ3) is 3.30. The maximum absolute atomic E-state index is 11.9. The Morgan fingerprint density at radius 1 is 1.25 bits per heavy atom. The molecule has 2 aromatic rings. The highest BCUT2D eigenvalue weighted by molar-refractivity contribution is 5.96. The van der Waals surface area contributed by atoms with E-state index >= 15 is 0 Å². The van der Waals surface area contributed by atoms with Crippen LogP contribution in [0.25, 0.3) is 0 Å². The van der Waals surface area contributed by atoms with E-state index in [-0.39, 0.29) is 12.0 Å². The van der Waals surface area contributed by atoms with Crippen LogP contribution in [0, 0.1) is 0 Å². The number of benzene rings is 1. The highest BCUT2D eigenvalue weighted by Gasteiger charge is 2.24. The van der Waals surface area contributed by atoms with Gasteiger partial charge in [0.25, 0.3) is 5.91 Å². The fourth-order valence-corrected chi connectivity index (χ4v) is 4.24. The first-order valence-corrected chi connectivity index (χ1v) is 10.1. The molecule has 7 nitrogen and oxygen atoms in total. The molecule has 0 unspecified atom stereocenters. The van der Waals surface area contributed by atoms with Crippen molar-refractivity contribution in [1.29, 1.82) is 0 Å². The zero-order valence-electron chi connectivity index (χ0n) is 16.1. The van der Waals surface area contributed by atoms with E-state index in [0.717, 1.165) is 63.0 Å². The Morgan fingerprint density at radius 3 is 2.96 bits per heavy atom. The lowest BCUT2D eigenvalue weighted by molar-refractivity contribution is 0.0944. The van der Waals surface area contributed by atoms with Gasteiger partial charge in [-0.25, -0.2) is 9.97 Å². The summed E-state index contributed by atoms with van der Waals surface area (Å²) in [6.07, 6.45) is 3.74. The van der Waals surface area contributed by atoms with E-state index in [1.165, 1.54) is 11.1 Å². The van der Waals surface area contributed by atoms with Crippen LogP contribution >= 0.6 is 0 Å². The summed E-state index contributed by atoms with van der Waals surface area (Å²) in [5, 5.41) is 2.84. The van der Waals surface area contributed by atoms with Gasteiger partial charge in [-0.15, -0.1) is 0 Å². The number of hydrogen-bond acceptors (Lipinski definition) is 6. The second-order valence-electron chi connectivity index (χ2n) is 7.87. The van der Waals surface area contributed by atoms with E-state index in [1.807, 2.05) is 0 Å². The standard InChI is InChI=1S/C21H25N5O2/c1-14-10-16-3-2-15(11-19(16)28-14)13-25-6-8-26(9-7-25)21-23-12-17-18(24-21)4-5-22-20(17)27/h2-3,11-12,14H,4-10,13H2,1H3,(H,22,27)/t14-/m0/s1. The molecular formula is C21H25N5O2. The zero-order valence-corrected chi connectivity index (χ0v) is 16.1. The van der Waals surface area contributed by atoms with Crippen LogP contribution in [0.4, 0.5) is 5.95 Å². The average molecular weight is 379 g/mol. The number of aromatic nitrogens is 2. The topological polar surface area (TPSA) is 70.6 Å². The van der Waals surface area contributed by atoms with Gasteiger partial charge in [-0.3, -0.25) is 9.69 Å². The number of hydrogen-bond donors (Lipinski definition) is 1. The van der Waals surface area contributed by atoms with Gasteiger partial charge in [-0.05, 0) is 24.1 Å². The van der Waals surface area contributed by atoms with Crippen LogP contribution in [0.1, 0.15) is 34.1 Å². The molecule has 0 spiro atoms. The number of fused-ring (bicyclic) bond motifs is 2. The van der Waals surface area contributed by atoms with Crippen molar-refractivity contribution in [3.05, 3.63) is 46.8 Å². The second kappa shape index (κ2) is 7.05. The van der Waals surface area contributed by atoms with E-state index in [1.54, 1.807) is 6.20 Å². The number of nitrogens with one attached hydrogen (secondary N) is 1. The number of rotatable bonds is 3. The molecule has 3 aliphatic heterocycles. The highest BCUT2D eigenvalue weighted by atomic mass is 16.5. The molecule has 1 aromatic carbocycles. The minimum Gasteiger partial charge on any atom is -0.490 e. The quantitative estimate of drug-likeness (QED) is 0.870. The maximum Gasteiger partial charge on any atom is 0.254 e. The van der Waals surface area contributed by atoms with E-state index in [0.29, 0.717) is 12.1 Å². The first-order chi connectivity index (χ1) is 13.7. The van der Waals surface area contributed by atoms with Gasteiger partial charge in [-0.2, -0.15) is 0 Å². The summed E-state index contributed by atoms with van der Waals surface area (Å²) < 4.78 is 5.89. The first kappa shape index (κ1) is 17.4. The summed E-state index contributed by atoms with van der Waals surface area (Å²) >= 11 is 0. The molecule has 1 aromatic heterocycles. The van der Waals surface area contributed by atoms with Gasteiger partial charge in [0.1, 0.15) is 11.9 Å². The molecule has 1 saturated heterocycles. The predicted octanol–water partition coefficient (Wildman–Crippen LogP) is 1.41. The first-order valence-electron chi connectivity index (χ1n) is 10.1. The van der Waals surface area contributed by atoms with E-state index in [9.17, 15) is 4.79 Å². The maximum atomic E-state index is 11.9. The molecule has 5 rings (SSSR count). The van der Waals surface area contributed by atoms with Gasteiger partial charge in [0.2, 0.25) is 5.95 Å². The summed E-state index contributed by atoms with van der Waals surface area (Å²) in [5.74, 6) is 1.73. The Morgan fingerprint density at radius 2 is 2.11 bits per heavy atom. The molecule has 146 valence electrons. The van der Waals surface area contributed by atoms with Crippen molar-refractivity contribution < 1.29 is 9.53 Å². The van der Waals surface area contributed by atoms with Crippen molar-refractivity contribution >= 4 is 11.9 Å². The largest absolute Gasteiger partial charge is 0.490 e. The fourth-order valence-electron chi connectivity index (χ4n) is 4.24. The lowest BCUT2D eigenvalue weighted by Crippen LogP contribution is -2.46. The molecule has 0 aliphatic carbocycles. The van der Waals surface area contributed by atoms with E-state index in [2.05, 4.69) is 50.2 Å². The summed E-state index contributed by atoms with van der Waals surface area (Å²) in [6, 6.07) is 6.63. The number of nitrogens with zero attached hydrogens (tertiary/aromatic N) is 4. The SMILES string of the molecule is C[C@H]1Cc2ccc(CN3CCN(c4ncc5c(n4)CCNC5=O)CC3)cc2O1. The van der Waals surface area contributed by atoms with Crippen molar-refractivity contribution in [2.75, 3.05) is 37.6 Å². The van der Waals surface area contributed by atoms with Crippen LogP contribution in [0.3, 0.4) is 0 Å². The van der Waals surface area contributed by atoms with Gasteiger partial charge < -0.3 is 15.0 Å². The molecule has 1 atom stereocenters. The third-order valence-corrected chi connectivity index (χ3v) is 5.78. The van der Waals surface area contributed by atoms with Gasteiger partial charge in [0.15, 0.2) is 0 Å². The third-order valence-electron chi connectivity index (χ3n) is 5.78. The monoisotopic (exact) mass is 379 g/mol. The number of amides is 1. The van der Waals surface area contributed by atoms with Gasteiger partial charge in [-0.1, -0.05) is 12.1 Å². The molecule has 0 saturated carbocycles. The van der Waals surface area contributed by atoms with Crippen LogP contribution in [0.5, 0.6) is 5.75 Å². The van der Waals surface area contributed by atoms with Gasteiger partial charge >= 0.3 is 0 Å². The number of ether oxygens (including phenoxy) is 1. The van der Waals surface area contributed by atoms with Crippen molar-refractivity contribution in [3.63, 3.8) is 0 Å². The fraction of sp³-hybridized carbons (Fsp3) is 0.476. The average Bonchev–Trinajstić information content (AvgIpc) is 3.08. The Balaban J connectivity index is 1.21. The minimum absolute atomic E-state index is 0.0645. The Kier molecular flexibility index (Phi) is 4.39. The minimum atomic E-state index is -0.0645. The normalized spacial score (nSPS) is 21.7. The summed E-state index contributed by atoms with van der Waals surface area (Å²) in [6.45, 7) is 7.43. The van der Waals surface area contributed by atoms with Crippen molar-refractivity contribution in [3.8, 4) is 5.75 Å². The number of carbonyl (C=O) groups is 1. The summed E-state index contributed by atoms with van der Waals surface area (Å²) in [7, 11) is 0. The number of carbonyl (C=O) groups excluding carboxylic acids is 1. The second-order valence-corrected chi connectivity index (χ2v) is 7.87. The Labute approximate surface area is 164 Å². The molecule has 1 amide bonds. The molecule has 1 N–H and O–H groups in total. The Hall–Kier alpha value is -2.67. The van der Waals surface area contributed by atoms with Crippen LogP contribution in [-0.4, -0.2) is 59.6 Å². The van der Waals surface area contributed by atoms with Crippen molar-refractivity contribution in [1.82, 2.24) is 20.2 Å². The van der Waals surface area contributed by atoms with Gasteiger partial charge in [0.05, 0.1) is 11.3 Å². The summed E-state index contributed by atoms with van der Waals surface area (Å²) in [5.41, 5.74) is 4.10. The van der Waals surface area contributed by atoms with Crippen LogP contribution in [0.2, 0.25) is 0 Å². The Bertz CT molecular complexity index is 908. The molecule has 0 radical (unpaired) electrons. The zero-order chi connectivity index (χ0) is 19.1. The molecule has 0 bridgehead atoms. The molecule has 1 fully saturated rings. The van der Waals surface area contributed by atoms with Crippen LogP contribution in [0.15, 0.2) is 24.4 Å². The lowest BCUT2D eigenvalue weighted by Gasteiger charge is -2.35. The molecule has 3 aliphatic rings. The highest BCUT2D eigenvalue weighted by Crippen LogP contribution is 2.30. The number of anilines is 1. The van der Waals surface area contributed by atoms with E-state index < -0.39 is 0 Å². The van der Waals surface area contributed by atoms with Crippen LogP contribution < -0.4 is 15.0 Å². The van der Waals surface area contributed by atoms with E-state index in [4.69, 9.17) is 4.74 Å². The van der Waals surface area contributed by atoms with Crippen molar-refractivity contribution in [2.45, 2.75) is 32.4 Å². The molecule has 28 heavy (non-hydrogen) atoms. The molecular weight excluding hydrogens is 354 g/mol. The summed E-state index contributed by atoms with van der Waals surface area (Å²) in [4.78, 5) is 25.6. The lowest BCUT2D eigenvalue weighted by atomic mass is 10.1. The van der Waals surface area contributed by atoms with Crippen LogP contribution in [-0.2, 0) is 19.4 Å². The smallest absolute Gasteiger partial charge is 0.254 e.